The van der Waals surface area contributed by atoms with Crippen molar-refractivity contribution in [2.75, 3.05) is 4.31 Å². The van der Waals surface area contributed by atoms with Crippen LogP contribution in [0.5, 0.6) is 5.75 Å². The number of sulfonamides is 1. The SMILES string of the molecule is Cc1ccc(S(=O)(=O)N(C(=O)C(=O)Oc2c(Cl)cc(Cl)cc2Cl)c2ccc(Cl)cc2)cc1. The molecule has 166 valence electrons. The van der Waals surface area contributed by atoms with Gasteiger partial charge in [0.2, 0.25) is 0 Å². The maximum atomic E-state index is 13.3. The van der Waals surface area contributed by atoms with Gasteiger partial charge < -0.3 is 4.74 Å². The average molecular weight is 533 g/mol. The van der Waals surface area contributed by atoms with E-state index in [0.717, 1.165) is 5.56 Å². The first-order chi connectivity index (χ1) is 15.0. The maximum Gasteiger partial charge on any atom is 0.403 e. The number of hydrogen-bond acceptors (Lipinski definition) is 5. The van der Waals surface area contributed by atoms with Crippen molar-refractivity contribution in [3.8, 4) is 5.75 Å². The van der Waals surface area contributed by atoms with Gasteiger partial charge in [0, 0.05) is 10.0 Å². The van der Waals surface area contributed by atoms with Crippen molar-refractivity contribution in [3.05, 3.63) is 86.3 Å². The molecule has 11 heteroatoms. The van der Waals surface area contributed by atoms with Crippen LogP contribution in [-0.2, 0) is 19.6 Å². The van der Waals surface area contributed by atoms with Crippen LogP contribution < -0.4 is 9.04 Å². The van der Waals surface area contributed by atoms with Crippen LogP contribution in [0.15, 0.2) is 65.6 Å². The van der Waals surface area contributed by atoms with E-state index >= 15 is 0 Å². The minimum absolute atomic E-state index is 0.120. The van der Waals surface area contributed by atoms with Crippen molar-refractivity contribution in [1.82, 2.24) is 0 Å². The molecule has 0 saturated carbocycles. The second-order valence-corrected chi connectivity index (χ2v) is 9.93. The molecule has 0 unspecified atom stereocenters. The molecule has 0 radical (unpaired) electrons. The van der Waals surface area contributed by atoms with Gasteiger partial charge in [-0.25, -0.2) is 13.2 Å². The number of amides is 1. The van der Waals surface area contributed by atoms with Gasteiger partial charge >= 0.3 is 11.9 Å². The fourth-order valence-corrected chi connectivity index (χ4v) is 5.01. The number of carbonyl (C=O) groups excluding carboxylic acids is 2. The summed E-state index contributed by atoms with van der Waals surface area (Å²) in [6.45, 7) is 1.77. The molecule has 6 nitrogen and oxygen atoms in total. The molecule has 3 aromatic rings. The van der Waals surface area contributed by atoms with Gasteiger partial charge in [-0.15, -0.1) is 0 Å². The van der Waals surface area contributed by atoms with Crippen LogP contribution in [-0.4, -0.2) is 20.3 Å². The van der Waals surface area contributed by atoms with Crippen LogP contribution in [0.4, 0.5) is 5.69 Å². The smallest absolute Gasteiger partial charge is 0.403 e. The molecule has 0 saturated heterocycles. The first-order valence-electron chi connectivity index (χ1n) is 8.79. The molecule has 0 spiro atoms. The third kappa shape index (κ3) is 5.19. The summed E-state index contributed by atoms with van der Waals surface area (Å²) in [5.74, 6) is -3.35. The third-order valence-electron chi connectivity index (χ3n) is 4.14. The van der Waals surface area contributed by atoms with Crippen LogP contribution in [0, 0.1) is 6.92 Å². The summed E-state index contributed by atoms with van der Waals surface area (Å²) in [4.78, 5) is 25.5. The van der Waals surface area contributed by atoms with Gasteiger partial charge in [-0.2, -0.15) is 4.31 Å². The molecule has 3 rings (SSSR count). The summed E-state index contributed by atoms with van der Waals surface area (Å²) in [6, 6.07) is 13.6. The minimum atomic E-state index is -4.49. The molecule has 0 aromatic heterocycles. The van der Waals surface area contributed by atoms with E-state index in [1.165, 1.54) is 48.5 Å². The highest BCUT2D eigenvalue weighted by atomic mass is 35.5. The molecule has 0 N–H and O–H groups in total. The van der Waals surface area contributed by atoms with Crippen LogP contribution in [0.25, 0.3) is 0 Å². The van der Waals surface area contributed by atoms with Crippen molar-refractivity contribution in [1.29, 1.82) is 0 Å². The Morgan fingerprint density at radius 2 is 1.34 bits per heavy atom. The van der Waals surface area contributed by atoms with E-state index in [4.69, 9.17) is 51.1 Å². The van der Waals surface area contributed by atoms with Gasteiger partial charge in [0.1, 0.15) is 0 Å². The lowest BCUT2D eigenvalue weighted by Crippen LogP contribution is -2.43. The summed E-state index contributed by atoms with van der Waals surface area (Å²) in [5, 5.41) is 0.207. The largest absolute Gasteiger partial charge is 0.416 e. The Balaban J connectivity index is 2.05. The summed E-state index contributed by atoms with van der Waals surface area (Å²) < 4.78 is 32.0. The number of halogens is 4. The Hall–Kier alpha value is -2.29. The Morgan fingerprint density at radius 1 is 0.812 bits per heavy atom. The van der Waals surface area contributed by atoms with E-state index in [1.54, 1.807) is 19.1 Å². The second kappa shape index (κ2) is 9.68. The average Bonchev–Trinajstić information content (AvgIpc) is 2.72. The van der Waals surface area contributed by atoms with E-state index in [1.807, 2.05) is 0 Å². The van der Waals surface area contributed by atoms with E-state index in [9.17, 15) is 18.0 Å². The lowest BCUT2D eigenvalue weighted by atomic mass is 10.2. The number of aryl methyl sites for hydroxylation is 1. The number of carbonyl (C=O) groups is 2. The number of esters is 1. The predicted octanol–water partition coefficient (Wildman–Crippen LogP) is 5.94. The Kier molecular flexibility index (Phi) is 7.37. The topological polar surface area (TPSA) is 80.8 Å². The Morgan fingerprint density at radius 3 is 1.88 bits per heavy atom. The first-order valence-corrected chi connectivity index (χ1v) is 11.7. The standard InChI is InChI=1S/C21H13Cl4NO5S/c1-12-2-8-16(9-3-12)32(29,30)26(15-6-4-13(22)5-7-15)20(27)21(28)31-19-17(24)10-14(23)11-18(19)25/h2-11H,1H3. The van der Waals surface area contributed by atoms with Gasteiger partial charge in [0.25, 0.3) is 10.0 Å². The van der Waals surface area contributed by atoms with E-state index < -0.39 is 21.9 Å². The van der Waals surface area contributed by atoms with Gasteiger partial charge in [-0.1, -0.05) is 64.1 Å². The summed E-state index contributed by atoms with van der Waals surface area (Å²) in [6.07, 6.45) is 0. The number of benzene rings is 3. The first kappa shape index (κ1) is 24.4. The molecular formula is C21H13Cl4NO5S. The Bertz CT molecular complexity index is 1270. The van der Waals surface area contributed by atoms with E-state index in [0.29, 0.717) is 9.33 Å². The predicted molar refractivity (Wildman–Crippen MR) is 124 cm³/mol. The van der Waals surface area contributed by atoms with Crippen molar-refractivity contribution in [2.24, 2.45) is 0 Å². The van der Waals surface area contributed by atoms with Crippen molar-refractivity contribution < 1.29 is 22.7 Å². The molecule has 0 heterocycles. The minimum Gasteiger partial charge on any atom is -0.416 e. The second-order valence-electron chi connectivity index (χ2n) is 6.45. The van der Waals surface area contributed by atoms with Gasteiger partial charge in [0.15, 0.2) is 5.75 Å². The number of hydrogen-bond donors (Lipinski definition) is 0. The van der Waals surface area contributed by atoms with Crippen molar-refractivity contribution >= 4 is 74.0 Å². The number of ether oxygens (including phenoxy) is 1. The highest BCUT2D eigenvalue weighted by molar-refractivity contribution is 7.93. The molecule has 32 heavy (non-hydrogen) atoms. The lowest BCUT2D eigenvalue weighted by Gasteiger charge is -2.22. The molecule has 0 aliphatic heterocycles. The summed E-state index contributed by atoms with van der Waals surface area (Å²) >= 11 is 23.7. The number of anilines is 1. The normalized spacial score (nSPS) is 11.2. The number of rotatable bonds is 4. The van der Waals surface area contributed by atoms with Crippen LogP contribution >= 0.6 is 46.4 Å². The zero-order chi connectivity index (χ0) is 23.6. The van der Waals surface area contributed by atoms with Crippen LogP contribution in [0.2, 0.25) is 20.1 Å². The fraction of sp³-hybridized carbons (Fsp3) is 0.0476. The van der Waals surface area contributed by atoms with Crippen LogP contribution in [0.1, 0.15) is 5.56 Å². The molecule has 0 atom stereocenters. The third-order valence-corrected chi connectivity index (χ3v) is 6.89. The molecule has 0 aliphatic rings. The van der Waals surface area contributed by atoms with Gasteiger partial charge in [-0.05, 0) is 55.5 Å². The molecule has 0 bridgehead atoms. The zero-order valence-corrected chi connectivity index (χ0v) is 20.0. The highest BCUT2D eigenvalue weighted by Gasteiger charge is 2.37. The zero-order valence-electron chi connectivity index (χ0n) is 16.2. The fourth-order valence-electron chi connectivity index (χ4n) is 2.60. The van der Waals surface area contributed by atoms with Crippen molar-refractivity contribution in [3.63, 3.8) is 0 Å². The monoisotopic (exact) mass is 531 g/mol. The van der Waals surface area contributed by atoms with Crippen LogP contribution in [0.3, 0.4) is 0 Å². The molecule has 1 amide bonds. The van der Waals surface area contributed by atoms with E-state index in [-0.39, 0.29) is 31.4 Å². The lowest BCUT2D eigenvalue weighted by molar-refractivity contribution is -0.146. The molecule has 0 aliphatic carbocycles. The quantitative estimate of drug-likeness (QED) is 0.236. The Labute approximate surface area is 204 Å². The molecule has 3 aromatic carbocycles. The van der Waals surface area contributed by atoms with Crippen molar-refractivity contribution in [2.45, 2.75) is 11.8 Å². The highest BCUT2D eigenvalue weighted by Crippen LogP contribution is 2.36. The summed E-state index contributed by atoms with van der Waals surface area (Å²) in [5.41, 5.74) is 0.685. The van der Waals surface area contributed by atoms with Gasteiger partial charge in [-0.3, -0.25) is 4.79 Å². The molecular weight excluding hydrogens is 520 g/mol. The summed E-state index contributed by atoms with van der Waals surface area (Å²) in [7, 11) is -4.49. The molecule has 0 fully saturated rings. The van der Waals surface area contributed by atoms with Gasteiger partial charge in [0.05, 0.1) is 20.6 Å². The maximum absolute atomic E-state index is 13.3. The van der Waals surface area contributed by atoms with E-state index in [2.05, 4.69) is 0 Å². The number of nitrogens with zero attached hydrogens (tertiary/aromatic N) is 1.